The van der Waals surface area contributed by atoms with Crippen LogP contribution in [-0.2, 0) is 16.8 Å². The molecular weight excluding hydrogens is 362 g/mol. The molecule has 142 valence electrons. The maximum atomic E-state index is 12.3. The van der Waals surface area contributed by atoms with E-state index < -0.39 is 5.60 Å². The SMILES string of the molecule is COc1ccc(CC(=O)NCC(C)(O)c2cc3ccccc3s2)cc1OC. The second-order valence-electron chi connectivity index (χ2n) is 6.57. The van der Waals surface area contributed by atoms with Crippen LogP contribution in [0.5, 0.6) is 11.5 Å². The summed E-state index contributed by atoms with van der Waals surface area (Å²) < 4.78 is 11.6. The van der Waals surface area contributed by atoms with E-state index in [0.29, 0.717) is 11.5 Å². The van der Waals surface area contributed by atoms with E-state index in [1.165, 1.54) is 11.3 Å². The fourth-order valence-corrected chi connectivity index (χ4v) is 3.95. The summed E-state index contributed by atoms with van der Waals surface area (Å²) in [6, 6.07) is 15.3. The number of ether oxygens (including phenoxy) is 2. The van der Waals surface area contributed by atoms with Gasteiger partial charge in [-0.2, -0.15) is 0 Å². The molecule has 0 radical (unpaired) electrons. The highest BCUT2D eigenvalue weighted by atomic mass is 32.1. The normalized spacial score (nSPS) is 13.2. The smallest absolute Gasteiger partial charge is 0.224 e. The highest BCUT2D eigenvalue weighted by Gasteiger charge is 2.26. The minimum atomic E-state index is -1.13. The zero-order valence-corrected chi connectivity index (χ0v) is 16.4. The predicted octanol–water partition coefficient (Wildman–Crippen LogP) is 3.48. The molecule has 0 bridgehead atoms. The van der Waals surface area contributed by atoms with E-state index >= 15 is 0 Å². The van der Waals surface area contributed by atoms with Gasteiger partial charge in [-0.25, -0.2) is 0 Å². The first-order valence-electron chi connectivity index (χ1n) is 8.62. The van der Waals surface area contributed by atoms with Crippen molar-refractivity contribution >= 4 is 27.3 Å². The van der Waals surface area contributed by atoms with Crippen LogP contribution in [0.3, 0.4) is 0 Å². The minimum absolute atomic E-state index is 0.145. The number of nitrogens with one attached hydrogen (secondary N) is 1. The molecule has 5 nitrogen and oxygen atoms in total. The van der Waals surface area contributed by atoms with Crippen molar-refractivity contribution in [1.82, 2.24) is 5.32 Å². The van der Waals surface area contributed by atoms with Crippen molar-refractivity contribution in [3.05, 3.63) is 59.0 Å². The fraction of sp³-hybridized carbons (Fsp3) is 0.286. The van der Waals surface area contributed by atoms with Crippen LogP contribution in [0.2, 0.25) is 0 Å². The molecule has 0 fully saturated rings. The van der Waals surface area contributed by atoms with E-state index in [0.717, 1.165) is 20.5 Å². The van der Waals surface area contributed by atoms with Crippen molar-refractivity contribution < 1.29 is 19.4 Å². The molecule has 1 aromatic heterocycles. The van der Waals surface area contributed by atoms with E-state index in [9.17, 15) is 9.90 Å². The number of methoxy groups -OCH3 is 2. The fourth-order valence-electron chi connectivity index (χ4n) is 2.84. The Bertz CT molecular complexity index is 915. The summed E-state index contributed by atoms with van der Waals surface area (Å²) in [6.07, 6.45) is 0.197. The standard InChI is InChI=1S/C21H23NO4S/c1-21(24,19-12-15-6-4-5-7-18(15)27-19)13-22-20(23)11-14-8-9-16(25-2)17(10-14)26-3/h4-10,12,24H,11,13H2,1-3H3,(H,22,23). The quantitative estimate of drug-likeness (QED) is 0.653. The summed E-state index contributed by atoms with van der Waals surface area (Å²) in [6.45, 7) is 1.86. The van der Waals surface area contributed by atoms with Crippen molar-refractivity contribution in [2.24, 2.45) is 0 Å². The number of amides is 1. The van der Waals surface area contributed by atoms with Gasteiger partial charge < -0.3 is 19.9 Å². The topological polar surface area (TPSA) is 67.8 Å². The van der Waals surface area contributed by atoms with Crippen LogP contribution in [0.1, 0.15) is 17.4 Å². The van der Waals surface area contributed by atoms with E-state index in [-0.39, 0.29) is 18.9 Å². The Labute approximate surface area is 162 Å². The first kappa shape index (κ1) is 19.2. The molecule has 0 aliphatic heterocycles. The average Bonchev–Trinajstić information content (AvgIpc) is 3.11. The number of fused-ring (bicyclic) bond motifs is 1. The number of thiophene rings is 1. The largest absolute Gasteiger partial charge is 0.493 e. The molecule has 6 heteroatoms. The van der Waals surface area contributed by atoms with Gasteiger partial charge >= 0.3 is 0 Å². The number of hydrogen-bond donors (Lipinski definition) is 2. The second-order valence-corrected chi connectivity index (χ2v) is 7.65. The lowest BCUT2D eigenvalue weighted by Crippen LogP contribution is -2.38. The van der Waals surface area contributed by atoms with Crippen molar-refractivity contribution in [3.63, 3.8) is 0 Å². The summed E-state index contributed by atoms with van der Waals surface area (Å²) in [7, 11) is 3.13. The Balaban J connectivity index is 1.64. The maximum Gasteiger partial charge on any atom is 0.224 e. The monoisotopic (exact) mass is 385 g/mol. The number of aliphatic hydroxyl groups is 1. The van der Waals surface area contributed by atoms with Crippen molar-refractivity contribution in [2.45, 2.75) is 18.9 Å². The number of carbonyl (C=O) groups excluding carboxylic acids is 1. The summed E-state index contributed by atoms with van der Waals surface area (Å²) in [4.78, 5) is 13.2. The summed E-state index contributed by atoms with van der Waals surface area (Å²) in [5.74, 6) is 1.04. The van der Waals surface area contributed by atoms with Gasteiger partial charge in [-0.05, 0) is 42.1 Å². The number of benzene rings is 2. The Kier molecular flexibility index (Phi) is 5.68. The van der Waals surface area contributed by atoms with Gasteiger partial charge in [-0.3, -0.25) is 4.79 Å². The average molecular weight is 385 g/mol. The zero-order valence-electron chi connectivity index (χ0n) is 15.6. The Hall–Kier alpha value is -2.57. The van der Waals surface area contributed by atoms with E-state index in [1.54, 1.807) is 33.3 Å². The Morgan fingerprint density at radius 3 is 2.56 bits per heavy atom. The predicted molar refractivity (Wildman–Crippen MR) is 108 cm³/mol. The molecule has 1 unspecified atom stereocenters. The zero-order chi connectivity index (χ0) is 19.4. The molecule has 0 saturated carbocycles. The molecule has 0 aliphatic rings. The molecule has 1 amide bonds. The second kappa shape index (κ2) is 7.98. The van der Waals surface area contributed by atoms with Crippen LogP contribution in [0.15, 0.2) is 48.5 Å². The van der Waals surface area contributed by atoms with Crippen LogP contribution in [0.25, 0.3) is 10.1 Å². The summed E-state index contributed by atoms with van der Waals surface area (Å²) in [5, 5.41) is 14.7. The molecule has 1 heterocycles. The molecule has 2 aromatic carbocycles. The van der Waals surface area contributed by atoms with Crippen LogP contribution in [-0.4, -0.2) is 31.8 Å². The maximum absolute atomic E-state index is 12.3. The number of hydrogen-bond acceptors (Lipinski definition) is 5. The van der Waals surface area contributed by atoms with Crippen molar-refractivity contribution in [2.75, 3.05) is 20.8 Å². The minimum Gasteiger partial charge on any atom is -0.493 e. The molecule has 0 spiro atoms. The number of carbonyl (C=O) groups is 1. The molecule has 27 heavy (non-hydrogen) atoms. The first-order valence-corrected chi connectivity index (χ1v) is 9.43. The number of rotatable bonds is 7. The van der Waals surface area contributed by atoms with Crippen LogP contribution < -0.4 is 14.8 Å². The van der Waals surface area contributed by atoms with E-state index in [2.05, 4.69) is 5.32 Å². The first-order chi connectivity index (χ1) is 12.9. The molecular formula is C21H23NO4S. The van der Waals surface area contributed by atoms with Gasteiger partial charge in [-0.1, -0.05) is 24.3 Å². The molecule has 1 atom stereocenters. The third kappa shape index (κ3) is 4.40. The molecule has 3 rings (SSSR count). The van der Waals surface area contributed by atoms with Crippen LogP contribution in [0.4, 0.5) is 0 Å². The molecule has 2 N–H and O–H groups in total. The van der Waals surface area contributed by atoms with E-state index in [4.69, 9.17) is 9.47 Å². The molecule has 0 aliphatic carbocycles. The van der Waals surface area contributed by atoms with E-state index in [1.807, 2.05) is 36.4 Å². The highest BCUT2D eigenvalue weighted by molar-refractivity contribution is 7.19. The van der Waals surface area contributed by atoms with Gasteiger partial charge in [0, 0.05) is 9.58 Å². The third-order valence-corrected chi connectivity index (χ3v) is 5.77. The van der Waals surface area contributed by atoms with Gasteiger partial charge in [0.15, 0.2) is 11.5 Å². The van der Waals surface area contributed by atoms with Crippen LogP contribution >= 0.6 is 11.3 Å². The molecule has 0 saturated heterocycles. The lowest BCUT2D eigenvalue weighted by atomic mass is 10.0. The van der Waals surface area contributed by atoms with Crippen molar-refractivity contribution in [3.8, 4) is 11.5 Å². The lowest BCUT2D eigenvalue weighted by molar-refractivity contribution is -0.121. The van der Waals surface area contributed by atoms with Gasteiger partial charge in [0.05, 0.1) is 27.2 Å². The summed E-state index contributed by atoms with van der Waals surface area (Å²) >= 11 is 1.54. The lowest BCUT2D eigenvalue weighted by Gasteiger charge is -2.22. The summed E-state index contributed by atoms with van der Waals surface area (Å²) in [5.41, 5.74) is -0.316. The van der Waals surface area contributed by atoms with Gasteiger partial charge in [0.2, 0.25) is 5.91 Å². The Morgan fingerprint density at radius 1 is 1.11 bits per heavy atom. The van der Waals surface area contributed by atoms with Gasteiger partial charge in [0.1, 0.15) is 5.60 Å². The molecule has 3 aromatic rings. The highest BCUT2D eigenvalue weighted by Crippen LogP contribution is 2.33. The van der Waals surface area contributed by atoms with Gasteiger partial charge in [0.25, 0.3) is 0 Å². The third-order valence-electron chi connectivity index (χ3n) is 4.40. The van der Waals surface area contributed by atoms with Crippen molar-refractivity contribution in [1.29, 1.82) is 0 Å². The Morgan fingerprint density at radius 2 is 1.85 bits per heavy atom. The van der Waals surface area contributed by atoms with Crippen LogP contribution in [0, 0.1) is 0 Å². The van der Waals surface area contributed by atoms with Gasteiger partial charge in [-0.15, -0.1) is 11.3 Å².